The normalized spacial score (nSPS) is 11.7. The van der Waals surface area contributed by atoms with Gasteiger partial charge in [-0.05, 0) is 30.5 Å². The Balaban J connectivity index is 1.90. The summed E-state index contributed by atoms with van der Waals surface area (Å²) < 4.78 is 5.20. The van der Waals surface area contributed by atoms with Crippen molar-refractivity contribution in [1.29, 1.82) is 0 Å². The van der Waals surface area contributed by atoms with Gasteiger partial charge in [-0.2, -0.15) is 0 Å². The SMILES string of the molecule is COc1ccccc1NC(=O)[C@@H](N)CCc1ccccc1. The van der Waals surface area contributed by atoms with Crippen LogP contribution in [0.4, 0.5) is 5.69 Å². The van der Waals surface area contributed by atoms with Gasteiger partial charge in [-0.25, -0.2) is 0 Å². The molecule has 2 aromatic rings. The van der Waals surface area contributed by atoms with E-state index in [0.717, 1.165) is 6.42 Å². The zero-order valence-corrected chi connectivity index (χ0v) is 12.1. The molecule has 0 fully saturated rings. The average Bonchev–Trinajstić information content (AvgIpc) is 2.54. The molecule has 110 valence electrons. The van der Waals surface area contributed by atoms with Gasteiger partial charge in [0.15, 0.2) is 0 Å². The van der Waals surface area contributed by atoms with E-state index >= 15 is 0 Å². The molecule has 0 saturated heterocycles. The third-order valence-electron chi connectivity index (χ3n) is 3.29. The van der Waals surface area contributed by atoms with Gasteiger partial charge in [0, 0.05) is 0 Å². The number of rotatable bonds is 6. The van der Waals surface area contributed by atoms with Crippen LogP contribution in [0, 0.1) is 0 Å². The third-order valence-corrected chi connectivity index (χ3v) is 3.29. The number of carbonyl (C=O) groups is 1. The predicted octanol–water partition coefficient (Wildman–Crippen LogP) is 2.59. The summed E-state index contributed by atoms with van der Waals surface area (Å²) in [5.41, 5.74) is 7.77. The quantitative estimate of drug-likeness (QED) is 0.857. The number of anilines is 1. The summed E-state index contributed by atoms with van der Waals surface area (Å²) in [5, 5.41) is 2.81. The summed E-state index contributed by atoms with van der Waals surface area (Å²) in [7, 11) is 1.57. The Morgan fingerprint density at radius 1 is 1.14 bits per heavy atom. The molecule has 4 nitrogen and oxygen atoms in total. The van der Waals surface area contributed by atoms with E-state index in [1.807, 2.05) is 42.5 Å². The van der Waals surface area contributed by atoms with Crippen LogP contribution in [0.3, 0.4) is 0 Å². The first-order chi connectivity index (χ1) is 10.2. The summed E-state index contributed by atoms with van der Waals surface area (Å²) >= 11 is 0. The molecule has 0 aliphatic rings. The van der Waals surface area contributed by atoms with Crippen LogP contribution in [0.2, 0.25) is 0 Å². The first-order valence-electron chi connectivity index (χ1n) is 6.94. The Kier molecular flexibility index (Phi) is 5.35. The molecule has 0 unspecified atom stereocenters. The van der Waals surface area contributed by atoms with Crippen molar-refractivity contribution in [2.24, 2.45) is 5.73 Å². The summed E-state index contributed by atoms with van der Waals surface area (Å²) in [6.07, 6.45) is 1.38. The first-order valence-corrected chi connectivity index (χ1v) is 6.94. The molecule has 0 aromatic heterocycles. The minimum absolute atomic E-state index is 0.199. The van der Waals surface area contributed by atoms with E-state index < -0.39 is 6.04 Å². The van der Waals surface area contributed by atoms with Crippen LogP contribution < -0.4 is 15.8 Å². The van der Waals surface area contributed by atoms with Gasteiger partial charge in [-0.1, -0.05) is 42.5 Å². The number of aryl methyl sites for hydroxylation is 1. The highest BCUT2D eigenvalue weighted by Crippen LogP contribution is 2.23. The van der Waals surface area contributed by atoms with Gasteiger partial charge in [0.1, 0.15) is 5.75 Å². The molecule has 2 rings (SSSR count). The fraction of sp³-hybridized carbons (Fsp3) is 0.235. The number of carbonyl (C=O) groups excluding carboxylic acids is 1. The minimum Gasteiger partial charge on any atom is -0.495 e. The molecule has 0 saturated carbocycles. The van der Waals surface area contributed by atoms with Crippen molar-refractivity contribution in [3.05, 3.63) is 60.2 Å². The van der Waals surface area contributed by atoms with Crippen LogP contribution in [-0.2, 0) is 11.2 Å². The zero-order valence-electron chi connectivity index (χ0n) is 12.1. The lowest BCUT2D eigenvalue weighted by molar-refractivity contribution is -0.117. The van der Waals surface area contributed by atoms with Crippen LogP contribution in [0.5, 0.6) is 5.75 Å². The average molecular weight is 284 g/mol. The van der Waals surface area contributed by atoms with Crippen LogP contribution in [0.15, 0.2) is 54.6 Å². The maximum Gasteiger partial charge on any atom is 0.241 e. The number of hydrogen-bond donors (Lipinski definition) is 2. The molecule has 0 bridgehead atoms. The van der Waals surface area contributed by atoms with Gasteiger partial charge in [0.05, 0.1) is 18.8 Å². The van der Waals surface area contributed by atoms with Gasteiger partial charge in [-0.15, -0.1) is 0 Å². The number of methoxy groups -OCH3 is 1. The van der Waals surface area contributed by atoms with Gasteiger partial charge < -0.3 is 15.8 Å². The van der Waals surface area contributed by atoms with Crippen molar-refractivity contribution in [3.8, 4) is 5.75 Å². The molecule has 1 amide bonds. The highest BCUT2D eigenvalue weighted by Gasteiger charge is 2.15. The zero-order chi connectivity index (χ0) is 15.1. The van der Waals surface area contributed by atoms with Crippen molar-refractivity contribution in [3.63, 3.8) is 0 Å². The fourth-order valence-corrected chi connectivity index (χ4v) is 2.07. The maximum absolute atomic E-state index is 12.1. The fourth-order valence-electron chi connectivity index (χ4n) is 2.07. The maximum atomic E-state index is 12.1. The molecular formula is C17H20N2O2. The predicted molar refractivity (Wildman–Crippen MR) is 84.4 cm³/mol. The second-order valence-electron chi connectivity index (χ2n) is 4.82. The third kappa shape index (κ3) is 4.33. The van der Waals surface area contributed by atoms with Crippen LogP contribution >= 0.6 is 0 Å². The minimum atomic E-state index is -0.546. The highest BCUT2D eigenvalue weighted by molar-refractivity contribution is 5.95. The van der Waals surface area contributed by atoms with Crippen LogP contribution in [0.25, 0.3) is 0 Å². The molecule has 4 heteroatoms. The number of para-hydroxylation sites is 2. The molecule has 2 aromatic carbocycles. The van der Waals surface area contributed by atoms with Crippen molar-refractivity contribution < 1.29 is 9.53 Å². The standard InChI is InChI=1S/C17H20N2O2/c1-21-16-10-6-5-9-15(16)19-17(20)14(18)12-11-13-7-3-2-4-8-13/h2-10,14H,11-12,18H2,1H3,(H,19,20)/t14-/m0/s1. The Bertz CT molecular complexity index is 584. The number of benzene rings is 2. The number of nitrogens with one attached hydrogen (secondary N) is 1. The topological polar surface area (TPSA) is 64.3 Å². The molecule has 0 spiro atoms. The Morgan fingerprint density at radius 2 is 1.81 bits per heavy atom. The van der Waals surface area contributed by atoms with Crippen LogP contribution in [0.1, 0.15) is 12.0 Å². The molecule has 3 N–H and O–H groups in total. The van der Waals surface area contributed by atoms with Gasteiger partial charge in [0.2, 0.25) is 5.91 Å². The number of hydrogen-bond acceptors (Lipinski definition) is 3. The lowest BCUT2D eigenvalue weighted by Gasteiger charge is -2.14. The molecule has 21 heavy (non-hydrogen) atoms. The van der Waals surface area contributed by atoms with E-state index in [0.29, 0.717) is 17.9 Å². The number of amides is 1. The summed E-state index contributed by atoms with van der Waals surface area (Å²) in [6.45, 7) is 0. The summed E-state index contributed by atoms with van der Waals surface area (Å²) in [6, 6.07) is 16.7. The van der Waals surface area contributed by atoms with Crippen molar-refractivity contribution >= 4 is 11.6 Å². The Hall–Kier alpha value is -2.33. The van der Waals surface area contributed by atoms with Crippen molar-refractivity contribution in [1.82, 2.24) is 0 Å². The van der Waals surface area contributed by atoms with Crippen molar-refractivity contribution in [2.45, 2.75) is 18.9 Å². The van der Waals surface area contributed by atoms with Gasteiger partial charge in [-0.3, -0.25) is 4.79 Å². The summed E-state index contributed by atoms with van der Waals surface area (Å²) in [4.78, 5) is 12.1. The van der Waals surface area contributed by atoms with E-state index in [1.165, 1.54) is 5.56 Å². The Morgan fingerprint density at radius 3 is 2.52 bits per heavy atom. The Labute approximate surface area is 124 Å². The van der Waals surface area contributed by atoms with E-state index in [-0.39, 0.29) is 5.91 Å². The molecular weight excluding hydrogens is 264 g/mol. The van der Waals surface area contributed by atoms with E-state index in [9.17, 15) is 4.79 Å². The number of nitrogens with two attached hydrogens (primary N) is 1. The number of ether oxygens (including phenoxy) is 1. The molecule has 0 radical (unpaired) electrons. The molecule has 0 heterocycles. The second-order valence-corrected chi connectivity index (χ2v) is 4.82. The van der Waals surface area contributed by atoms with E-state index in [1.54, 1.807) is 19.2 Å². The van der Waals surface area contributed by atoms with E-state index in [2.05, 4.69) is 5.32 Å². The first kappa shape index (κ1) is 15.1. The van der Waals surface area contributed by atoms with Crippen molar-refractivity contribution in [2.75, 3.05) is 12.4 Å². The largest absolute Gasteiger partial charge is 0.495 e. The molecule has 0 aliphatic heterocycles. The lowest BCUT2D eigenvalue weighted by atomic mass is 10.1. The van der Waals surface area contributed by atoms with Gasteiger partial charge in [0.25, 0.3) is 0 Å². The molecule has 0 aliphatic carbocycles. The van der Waals surface area contributed by atoms with Gasteiger partial charge >= 0.3 is 0 Å². The molecule has 1 atom stereocenters. The monoisotopic (exact) mass is 284 g/mol. The van der Waals surface area contributed by atoms with E-state index in [4.69, 9.17) is 10.5 Å². The van der Waals surface area contributed by atoms with Crippen LogP contribution in [-0.4, -0.2) is 19.1 Å². The lowest BCUT2D eigenvalue weighted by Crippen LogP contribution is -2.36. The summed E-state index contributed by atoms with van der Waals surface area (Å²) in [5.74, 6) is 0.427. The second kappa shape index (κ2) is 7.45. The highest BCUT2D eigenvalue weighted by atomic mass is 16.5. The smallest absolute Gasteiger partial charge is 0.241 e.